The molecule has 156 valence electrons. The van der Waals surface area contributed by atoms with E-state index in [1.54, 1.807) is 11.1 Å². The van der Waals surface area contributed by atoms with Crippen LogP contribution in [0, 0.1) is 23.2 Å². The molecule has 6 atom stereocenters. The highest BCUT2D eigenvalue weighted by molar-refractivity contribution is 5.82. The zero-order chi connectivity index (χ0) is 20.3. The minimum atomic E-state index is 0.383. The van der Waals surface area contributed by atoms with Crippen molar-refractivity contribution in [3.8, 4) is 0 Å². The van der Waals surface area contributed by atoms with Crippen LogP contribution in [-0.2, 0) is 0 Å². The molecule has 0 radical (unpaired) electrons. The van der Waals surface area contributed by atoms with Crippen LogP contribution in [0.4, 0.5) is 0 Å². The molecule has 4 aliphatic rings. The summed E-state index contributed by atoms with van der Waals surface area (Å²) in [6.45, 7) is 2.59. The van der Waals surface area contributed by atoms with Gasteiger partial charge in [0.1, 0.15) is 0 Å². The van der Waals surface area contributed by atoms with Crippen molar-refractivity contribution in [3.05, 3.63) is 65.5 Å². The lowest BCUT2D eigenvalue weighted by molar-refractivity contribution is 0.136. The van der Waals surface area contributed by atoms with Gasteiger partial charge in [0.05, 0.1) is 0 Å². The molecule has 1 aromatic heterocycles. The molecule has 2 aromatic rings. The molecular weight excluding hydrogens is 364 g/mol. The Balaban J connectivity index is 1.33. The van der Waals surface area contributed by atoms with Gasteiger partial charge in [0.15, 0.2) is 0 Å². The number of hydrogen-bond acceptors (Lipinski definition) is 2. The summed E-state index contributed by atoms with van der Waals surface area (Å²) >= 11 is 0. The molecule has 0 spiro atoms. The van der Waals surface area contributed by atoms with Crippen molar-refractivity contribution in [2.75, 3.05) is 0 Å². The molecule has 4 aliphatic carbocycles. The van der Waals surface area contributed by atoms with Gasteiger partial charge in [-0.05, 0) is 109 Å². The molecule has 2 fully saturated rings. The van der Waals surface area contributed by atoms with Gasteiger partial charge >= 0.3 is 0 Å². The molecule has 6 rings (SSSR count). The predicted octanol–water partition coefficient (Wildman–Crippen LogP) is 6.53. The molecule has 1 aromatic carbocycles. The number of nitrogens with two attached hydrogens (primary N) is 1. The third kappa shape index (κ3) is 2.91. The molecule has 0 saturated heterocycles. The maximum absolute atomic E-state index is 6.32. The molecule has 0 amide bonds. The largest absolute Gasteiger partial charge is 0.328 e. The SMILES string of the molecule is CC12CC=C3C=C4CCC(N)CC4CCC3C1CCC2c1ccc2ccncc2c1. The van der Waals surface area contributed by atoms with Gasteiger partial charge in [-0.25, -0.2) is 0 Å². The highest BCUT2D eigenvalue weighted by atomic mass is 14.6. The van der Waals surface area contributed by atoms with Gasteiger partial charge in [-0.1, -0.05) is 36.8 Å². The van der Waals surface area contributed by atoms with Crippen LogP contribution >= 0.6 is 0 Å². The number of nitrogens with zero attached hydrogens (tertiary/aromatic N) is 1. The Morgan fingerprint density at radius 1 is 1.03 bits per heavy atom. The van der Waals surface area contributed by atoms with E-state index in [0.717, 1.165) is 17.8 Å². The summed E-state index contributed by atoms with van der Waals surface area (Å²) in [7, 11) is 0. The van der Waals surface area contributed by atoms with Crippen molar-refractivity contribution in [1.29, 1.82) is 0 Å². The molecule has 2 saturated carbocycles. The maximum Gasteiger partial charge on any atom is 0.0346 e. The third-order valence-electron chi connectivity index (χ3n) is 9.26. The number of benzene rings is 1. The minimum Gasteiger partial charge on any atom is -0.328 e. The van der Waals surface area contributed by atoms with Crippen LogP contribution in [0.15, 0.2) is 60.0 Å². The van der Waals surface area contributed by atoms with Gasteiger partial charge in [-0.3, -0.25) is 4.98 Å². The first-order valence-electron chi connectivity index (χ1n) is 12.1. The number of pyridine rings is 1. The second-order valence-corrected chi connectivity index (χ2v) is 10.8. The van der Waals surface area contributed by atoms with Gasteiger partial charge in [-0.2, -0.15) is 0 Å². The van der Waals surface area contributed by atoms with E-state index in [0.29, 0.717) is 17.4 Å². The summed E-state index contributed by atoms with van der Waals surface area (Å²) in [5.41, 5.74) is 11.6. The van der Waals surface area contributed by atoms with Gasteiger partial charge in [0, 0.05) is 23.8 Å². The van der Waals surface area contributed by atoms with E-state index in [1.807, 2.05) is 12.4 Å². The number of fused-ring (bicyclic) bond motifs is 5. The van der Waals surface area contributed by atoms with E-state index in [1.165, 1.54) is 67.7 Å². The third-order valence-corrected chi connectivity index (χ3v) is 9.26. The van der Waals surface area contributed by atoms with Crippen LogP contribution in [-0.4, -0.2) is 11.0 Å². The van der Waals surface area contributed by atoms with E-state index < -0.39 is 0 Å². The lowest BCUT2D eigenvalue weighted by Gasteiger charge is -2.44. The summed E-state index contributed by atoms with van der Waals surface area (Å²) in [6, 6.07) is 9.66. The Morgan fingerprint density at radius 2 is 1.97 bits per heavy atom. The fourth-order valence-corrected chi connectivity index (χ4v) is 7.62. The second-order valence-electron chi connectivity index (χ2n) is 10.8. The van der Waals surface area contributed by atoms with Crippen LogP contribution in [0.1, 0.15) is 69.8 Å². The number of hydrogen-bond donors (Lipinski definition) is 1. The highest BCUT2D eigenvalue weighted by Gasteiger charge is 2.52. The normalized spacial score (nSPS) is 38.1. The second kappa shape index (κ2) is 7.05. The first kappa shape index (κ1) is 18.8. The van der Waals surface area contributed by atoms with Crippen molar-refractivity contribution in [1.82, 2.24) is 4.98 Å². The summed E-state index contributed by atoms with van der Waals surface area (Å²) in [6.07, 6.45) is 19.4. The first-order chi connectivity index (χ1) is 14.6. The maximum atomic E-state index is 6.32. The lowest BCUT2D eigenvalue weighted by Crippen LogP contribution is -2.35. The molecule has 2 N–H and O–H groups in total. The van der Waals surface area contributed by atoms with Crippen LogP contribution in [0.3, 0.4) is 0 Å². The Hall–Kier alpha value is -1.93. The minimum absolute atomic E-state index is 0.383. The predicted molar refractivity (Wildman–Crippen MR) is 124 cm³/mol. The number of rotatable bonds is 1. The lowest BCUT2D eigenvalue weighted by atomic mass is 9.60. The van der Waals surface area contributed by atoms with Crippen LogP contribution in [0.5, 0.6) is 0 Å². The topological polar surface area (TPSA) is 38.9 Å². The van der Waals surface area contributed by atoms with E-state index in [9.17, 15) is 0 Å². The Bertz CT molecular complexity index is 1030. The van der Waals surface area contributed by atoms with Crippen molar-refractivity contribution >= 4 is 10.8 Å². The average Bonchev–Trinajstić information content (AvgIpc) is 3.00. The molecule has 0 aliphatic heterocycles. The average molecular weight is 399 g/mol. The molecular formula is C28H34N2. The van der Waals surface area contributed by atoms with E-state index >= 15 is 0 Å². The van der Waals surface area contributed by atoms with Crippen LogP contribution in [0.2, 0.25) is 0 Å². The monoisotopic (exact) mass is 398 g/mol. The van der Waals surface area contributed by atoms with Gasteiger partial charge in [0.2, 0.25) is 0 Å². The highest BCUT2D eigenvalue weighted by Crippen LogP contribution is 2.62. The zero-order valence-corrected chi connectivity index (χ0v) is 18.2. The number of aromatic nitrogens is 1. The molecule has 6 unspecified atom stereocenters. The molecule has 1 heterocycles. The van der Waals surface area contributed by atoms with Crippen molar-refractivity contribution in [2.24, 2.45) is 28.9 Å². The van der Waals surface area contributed by atoms with Crippen molar-refractivity contribution in [2.45, 2.75) is 70.3 Å². The van der Waals surface area contributed by atoms with Gasteiger partial charge in [0.25, 0.3) is 0 Å². The Labute approximate surface area is 180 Å². The van der Waals surface area contributed by atoms with Crippen molar-refractivity contribution in [3.63, 3.8) is 0 Å². The number of allylic oxidation sites excluding steroid dienone is 4. The quantitative estimate of drug-likeness (QED) is 0.593. The van der Waals surface area contributed by atoms with E-state index in [4.69, 9.17) is 5.73 Å². The summed E-state index contributed by atoms with van der Waals surface area (Å²) in [5, 5.41) is 2.59. The Kier molecular flexibility index (Phi) is 4.42. The fourth-order valence-electron chi connectivity index (χ4n) is 7.62. The van der Waals surface area contributed by atoms with Crippen LogP contribution < -0.4 is 5.73 Å². The first-order valence-corrected chi connectivity index (χ1v) is 12.1. The smallest absolute Gasteiger partial charge is 0.0346 e. The van der Waals surface area contributed by atoms with Crippen LogP contribution in [0.25, 0.3) is 10.8 Å². The van der Waals surface area contributed by atoms with E-state index in [2.05, 4.69) is 48.3 Å². The Morgan fingerprint density at radius 3 is 2.90 bits per heavy atom. The fraction of sp³-hybridized carbons (Fsp3) is 0.536. The van der Waals surface area contributed by atoms with Gasteiger partial charge in [-0.15, -0.1) is 0 Å². The molecule has 0 bridgehead atoms. The summed E-state index contributed by atoms with van der Waals surface area (Å²) in [5.74, 6) is 2.98. The summed E-state index contributed by atoms with van der Waals surface area (Å²) < 4.78 is 0. The zero-order valence-electron chi connectivity index (χ0n) is 18.2. The standard InChI is InChI=1S/C28H34N2/c1-28-12-10-21-14-19-4-6-24(29)16-20(19)5-7-25(21)27(28)9-8-26(28)22-3-2-18-11-13-30-17-23(18)15-22/h2-3,10-11,13-15,17,20,24-27H,4-9,12,16,29H2,1H3. The van der Waals surface area contributed by atoms with Crippen molar-refractivity contribution < 1.29 is 0 Å². The molecule has 2 nitrogen and oxygen atoms in total. The van der Waals surface area contributed by atoms with E-state index in [-0.39, 0.29) is 0 Å². The van der Waals surface area contributed by atoms with Gasteiger partial charge < -0.3 is 5.73 Å². The molecule has 2 heteroatoms. The molecule has 30 heavy (non-hydrogen) atoms. The summed E-state index contributed by atoms with van der Waals surface area (Å²) in [4.78, 5) is 4.36.